The maximum absolute atomic E-state index is 11.4. The average Bonchev–Trinajstić information content (AvgIpc) is 2.47. The largest absolute Gasteiger partial charge is 0.421 e. The quantitative estimate of drug-likeness (QED) is 0.660. The number of fused-ring (bicyclic) bond motifs is 3. The van der Waals surface area contributed by atoms with Crippen LogP contribution in [0, 0.1) is 0 Å². The smallest absolute Gasteiger partial charge is 0.335 e. The summed E-state index contributed by atoms with van der Waals surface area (Å²) < 4.78 is 5.24. The van der Waals surface area contributed by atoms with Crippen molar-refractivity contribution in [2.45, 2.75) is 0 Å². The molecule has 0 spiro atoms. The van der Waals surface area contributed by atoms with E-state index in [9.17, 15) is 4.79 Å². The predicted molar refractivity (Wildman–Crippen MR) is 72.0 cm³/mol. The monoisotopic (exact) mass is 253 g/mol. The molecule has 1 aliphatic heterocycles. The Bertz CT molecular complexity index is 704. The third-order valence-electron chi connectivity index (χ3n) is 2.87. The van der Waals surface area contributed by atoms with E-state index in [4.69, 9.17) is 9.57 Å². The van der Waals surface area contributed by atoms with Gasteiger partial charge in [-0.2, -0.15) is 0 Å². The van der Waals surface area contributed by atoms with Crippen molar-refractivity contribution in [3.8, 4) is 5.75 Å². The molecule has 2 aromatic carbocycles. The first-order chi connectivity index (χ1) is 9.29. The molecular weight excluding hydrogens is 242 g/mol. The third kappa shape index (κ3) is 1.93. The topological polar surface area (TPSA) is 47.6 Å². The van der Waals surface area contributed by atoms with Crippen LogP contribution < -0.4 is 10.3 Å². The third-order valence-corrected chi connectivity index (χ3v) is 2.87. The van der Waals surface area contributed by atoms with Gasteiger partial charge in [0.1, 0.15) is 0 Å². The fourth-order valence-electron chi connectivity index (χ4n) is 2.04. The minimum atomic E-state index is -0.506. The molecule has 0 amide bonds. The zero-order chi connectivity index (χ0) is 13.2. The van der Waals surface area contributed by atoms with Crippen molar-refractivity contribution in [1.29, 1.82) is 0 Å². The molecule has 1 aliphatic rings. The molecule has 0 aliphatic carbocycles. The maximum Gasteiger partial charge on any atom is 0.335 e. The van der Waals surface area contributed by atoms with Gasteiger partial charge in [0.25, 0.3) is 0 Å². The highest BCUT2D eigenvalue weighted by atomic mass is 16.7. The molecule has 0 radical (unpaired) electrons. The Labute approximate surface area is 109 Å². The Kier molecular flexibility index (Phi) is 2.68. The van der Waals surface area contributed by atoms with Gasteiger partial charge in [-0.15, -0.1) is 0 Å². The van der Waals surface area contributed by atoms with Crippen LogP contribution in [0.25, 0.3) is 16.5 Å². The summed E-state index contributed by atoms with van der Waals surface area (Å²) in [6, 6.07) is 11.6. The Morgan fingerprint density at radius 1 is 1.26 bits per heavy atom. The van der Waals surface area contributed by atoms with E-state index >= 15 is 0 Å². The lowest BCUT2D eigenvalue weighted by Crippen LogP contribution is -2.19. The summed E-state index contributed by atoms with van der Waals surface area (Å²) in [5, 5.41) is 2.01. The zero-order valence-electron chi connectivity index (χ0n) is 10.1. The van der Waals surface area contributed by atoms with Crippen molar-refractivity contribution >= 4 is 22.5 Å². The maximum atomic E-state index is 11.4. The second-order valence-corrected chi connectivity index (χ2v) is 4.01. The molecule has 0 fully saturated rings. The highest BCUT2D eigenvalue weighted by Crippen LogP contribution is 2.35. The van der Waals surface area contributed by atoms with E-state index in [0.717, 1.165) is 22.4 Å². The van der Waals surface area contributed by atoms with Crippen molar-refractivity contribution < 1.29 is 14.4 Å². The molecule has 1 N–H and O–H groups in total. The van der Waals surface area contributed by atoms with Crippen molar-refractivity contribution in [1.82, 2.24) is 5.48 Å². The fourth-order valence-corrected chi connectivity index (χ4v) is 2.04. The molecule has 19 heavy (non-hydrogen) atoms. The first-order valence-corrected chi connectivity index (χ1v) is 5.78. The number of hydrogen-bond acceptors (Lipinski definition) is 4. The number of carbonyl (C=O) groups is 1. The van der Waals surface area contributed by atoms with Gasteiger partial charge >= 0.3 is 5.97 Å². The van der Waals surface area contributed by atoms with Gasteiger partial charge in [0.2, 0.25) is 0 Å². The molecule has 0 aromatic heterocycles. The lowest BCUT2D eigenvalue weighted by Gasteiger charge is -2.19. The summed E-state index contributed by atoms with van der Waals surface area (Å²) in [5.41, 5.74) is 3.37. The number of ether oxygens (including phenoxy) is 1. The molecule has 94 valence electrons. The molecule has 0 unspecified atom stereocenters. The van der Waals surface area contributed by atoms with Crippen LogP contribution >= 0.6 is 0 Å². The standard InChI is InChI=1S/C15H11NO3/c1-2-14(17)18-13-9-16-19-12-8-7-10-5-3-4-6-11(10)15(12)13/h2-9,16H,1H2. The lowest BCUT2D eigenvalue weighted by atomic mass is 10.0. The highest BCUT2D eigenvalue weighted by Gasteiger charge is 2.20. The van der Waals surface area contributed by atoms with Gasteiger partial charge in [-0.1, -0.05) is 36.9 Å². The number of carbonyl (C=O) groups excluding carboxylic acids is 1. The van der Waals surface area contributed by atoms with E-state index in [0.29, 0.717) is 11.5 Å². The highest BCUT2D eigenvalue weighted by molar-refractivity contribution is 5.98. The van der Waals surface area contributed by atoms with E-state index in [1.165, 1.54) is 6.20 Å². The van der Waals surface area contributed by atoms with Crippen LogP contribution in [0.1, 0.15) is 5.56 Å². The number of hydroxylamine groups is 1. The minimum absolute atomic E-state index is 0.419. The van der Waals surface area contributed by atoms with Gasteiger partial charge in [-0.3, -0.25) is 0 Å². The van der Waals surface area contributed by atoms with Crippen molar-refractivity contribution in [2.75, 3.05) is 0 Å². The number of benzene rings is 2. The van der Waals surface area contributed by atoms with Crippen LogP contribution in [0.2, 0.25) is 0 Å². The van der Waals surface area contributed by atoms with Crippen molar-refractivity contribution in [3.63, 3.8) is 0 Å². The summed E-state index contributed by atoms with van der Waals surface area (Å²) in [4.78, 5) is 16.7. The first-order valence-electron chi connectivity index (χ1n) is 5.78. The summed E-state index contributed by atoms with van der Waals surface area (Å²) in [7, 11) is 0. The van der Waals surface area contributed by atoms with Crippen LogP contribution in [0.4, 0.5) is 0 Å². The normalized spacial score (nSPS) is 12.7. The summed E-state index contributed by atoms with van der Waals surface area (Å²) in [6.07, 6.45) is 2.64. The number of rotatable bonds is 2. The van der Waals surface area contributed by atoms with Gasteiger partial charge < -0.3 is 9.57 Å². The lowest BCUT2D eigenvalue weighted by molar-refractivity contribution is -0.131. The van der Waals surface area contributed by atoms with Gasteiger partial charge in [-0.25, -0.2) is 10.3 Å². The molecule has 1 heterocycles. The molecule has 0 saturated carbocycles. The molecule has 4 nitrogen and oxygen atoms in total. The number of nitrogens with one attached hydrogen (secondary N) is 1. The Morgan fingerprint density at radius 3 is 2.95 bits per heavy atom. The van der Waals surface area contributed by atoms with Crippen molar-refractivity contribution in [2.24, 2.45) is 0 Å². The summed E-state index contributed by atoms with van der Waals surface area (Å²) in [6.45, 7) is 3.39. The summed E-state index contributed by atoms with van der Waals surface area (Å²) >= 11 is 0. The van der Waals surface area contributed by atoms with Gasteiger partial charge in [-0.05, 0) is 16.8 Å². The Balaban J connectivity index is 2.18. The molecule has 0 bridgehead atoms. The minimum Gasteiger partial charge on any atom is -0.421 e. The SMILES string of the molecule is C=CC(=O)OC1=CNOc2ccc3ccccc3c21. The van der Waals surface area contributed by atoms with E-state index in [1.54, 1.807) is 0 Å². The van der Waals surface area contributed by atoms with E-state index < -0.39 is 5.97 Å². The average molecular weight is 253 g/mol. The fraction of sp³-hybridized carbons (Fsp3) is 0. The van der Waals surface area contributed by atoms with Crippen LogP contribution in [0.15, 0.2) is 55.3 Å². The van der Waals surface area contributed by atoms with Crippen LogP contribution in [0.3, 0.4) is 0 Å². The van der Waals surface area contributed by atoms with Crippen molar-refractivity contribution in [3.05, 3.63) is 60.8 Å². The second kappa shape index (κ2) is 4.49. The Morgan fingerprint density at radius 2 is 2.11 bits per heavy atom. The second-order valence-electron chi connectivity index (χ2n) is 4.01. The molecule has 0 atom stereocenters. The Hall–Kier alpha value is -2.75. The van der Waals surface area contributed by atoms with Crippen LogP contribution in [-0.4, -0.2) is 5.97 Å². The van der Waals surface area contributed by atoms with E-state index in [2.05, 4.69) is 12.1 Å². The molecule has 3 rings (SSSR count). The van der Waals surface area contributed by atoms with Gasteiger partial charge in [0, 0.05) is 6.08 Å². The van der Waals surface area contributed by atoms with E-state index in [-0.39, 0.29) is 0 Å². The predicted octanol–water partition coefficient (Wildman–Crippen LogP) is 2.76. The molecular formula is C15H11NO3. The van der Waals surface area contributed by atoms with E-state index in [1.807, 2.05) is 36.4 Å². The van der Waals surface area contributed by atoms with Gasteiger partial charge in [0.15, 0.2) is 11.5 Å². The molecule has 4 heteroatoms. The molecule has 2 aromatic rings. The van der Waals surface area contributed by atoms with Crippen LogP contribution in [0.5, 0.6) is 5.75 Å². The number of esters is 1. The number of hydrogen-bond donors (Lipinski definition) is 1. The zero-order valence-corrected chi connectivity index (χ0v) is 10.1. The first kappa shape index (κ1) is 11.3. The van der Waals surface area contributed by atoms with Crippen LogP contribution in [-0.2, 0) is 9.53 Å². The molecule has 0 saturated heterocycles. The van der Waals surface area contributed by atoms with Gasteiger partial charge in [0.05, 0.1) is 11.8 Å². The summed E-state index contributed by atoms with van der Waals surface area (Å²) in [5.74, 6) is 0.532.